The third kappa shape index (κ3) is 3.00. The van der Waals surface area contributed by atoms with Crippen molar-refractivity contribution in [2.75, 3.05) is 5.32 Å². The number of nitrogens with one attached hydrogen (secondary N) is 1. The minimum Gasteiger partial charge on any atom is -0.321 e. The van der Waals surface area contributed by atoms with Crippen molar-refractivity contribution in [3.05, 3.63) is 80.6 Å². The van der Waals surface area contributed by atoms with Crippen molar-refractivity contribution in [3.8, 4) is 0 Å². The first-order chi connectivity index (χ1) is 13.9. The van der Waals surface area contributed by atoms with Gasteiger partial charge in [0.1, 0.15) is 5.39 Å². The summed E-state index contributed by atoms with van der Waals surface area (Å²) in [5.74, 6) is -0.325. The van der Waals surface area contributed by atoms with E-state index >= 15 is 0 Å². The van der Waals surface area contributed by atoms with Crippen LogP contribution in [0.5, 0.6) is 0 Å². The second-order valence-electron chi connectivity index (χ2n) is 6.93. The first-order valence-electron chi connectivity index (χ1n) is 9.30. The Balaban J connectivity index is 1.89. The molecule has 0 unspecified atom stereocenters. The molecule has 0 aliphatic rings. The minimum atomic E-state index is -0.486. The van der Waals surface area contributed by atoms with Gasteiger partial charge in [0.05, 0.1) is 5.69 Å². The Morgan fingerprint density at radius 1 is 1.03 bits per heavy atom. The number of nitrogens with zero attached hydrogens (tertiary/aromatic N) is 3. The first kappa shape index (κ1) is 18.6. The average molecular weight is 388 g/mol. The molecule has 4 aromatic rings. The fourth-order valence-corrected chi connectivity index (χ4v) is 3.49. The van der Waals surface area contributed by atoms with E-state index in [1.807, 2.05) is 43.3 Å². The zero-order valence-corrected chi connectivity index (χ0v) is 16.4. The average Bonchev–Trinajstić information content (AvgIpc) is 2.75. The number of fused-ring (bicyclic) bond motifs is 2. The lowest BCUT2D eigenvalue weighted by molar-refractivity contribution is 0.102. The van der Waals surface area contributed by atoms with Crippen molar-refractivity contribution in [2.24, 2.45) is 14.1 Å². The quantitative estimate of drug-likeness (QED) is 0.585. The highest BCUT2D eigenvalue weighted by Gasteiger charge is 2.19. The fourth-order valence-electron chi connectivity index (χ4n) is 3.49. The zero-order chi connectivity index (χ0) is 20.7. The molecule has 1 N–H and O–H groups in total. The van der Waals surface area contributed by atoms with E-state index in [0.717, 1.165) is 20.9 Å². The lowest BCUT2D eigenvalue weighted by Gasteiger charge is -2.15. The smallest absolute Gasteiger partial charge is 0.321 e. The van der Waals surface area contributed by atoms with E-state index in [9.17, 15) is 14.4 Å². The number of rotatable bonds is 3. The van der Waals surface area contributed by atoms with Gasteiger partial charge in [-0.3, -0.25) is 18.7 Å². The van der Waals surface area contributed by atoms with Crippen molar-refractivity contribution in [1.29, 1.82) is 0 Å². The van der Waals surface area contributed by atoms with Crippen LogP contribution in [0.3, 0.4) is 0 Å². The highest BCUT2D eigenvalue weighted by molar-refractivity contribution is 6.10. The number of aromatic nitrogens is 3. The van der Waals surface area contributed by atoms with Crippen LogP contribution in [-0.2, 0) is 20.5 Å². The monoisotopic (exact) mass is 388 g/mol. The molecule has 0 fully saturated rings. The molecule has 29 heavy (non-hydrogen) atoms. The van der Waals surface area contributed by atoms with Gasteiger partial charge >= 0.3 is 5.69 Å². The fraction of sp³-hybridized carbons (Fsp3) is 0.182. The molecule has 2 heterocycles. The predicted molar refractivity (Wildman–Crippen MR) is 114 cm³/mol. The summed E-state index contributed by atoms with van der Waals surface area (Å²) >= 11 is 0. The van der Waals surface area contributed by atoms with E-state index in [-0.39, 0.29) is 16.9 Å². The molecule has 0 saturated heterocycles. The third-order valence-electron chi connectivity index (χ3n) is 5.18. The normalized spacial score (nSPS) is 11.1. The van der Waals surface area contributed by atoms with Gasteiger partial charge in [-0.25, -0.2) is 9.78 Å². The van der Waals surface area contributed by atoms with Gasteiger partial charge in [0, 0.05) is 25.9 Å². The summed E-state index contributed by atoms with van der Waals surface area (Å²) in [7, 11) is 2.97. The van der Waals surface area contributed by atoms with Crippen LogP contribution in [0.15, 0.2) is 58.3 Å². The molecule has 0 bridgehead atoms. The number of carbonyl (C=O) groups excluding carboxylic acids is 1. The van der Waals surface area contributed by atoms with Crippen LogP contribution in [-0.4, -0.2) is 20.0 Å². The highest BCUT2D eigenvalue weighted by atomic mass is 16.2. The Hall–Kier alpha value is -3.74. The molecule has 0 aliphatic carbocycles. The number of hydrogen-bond donors (Lipinski definition) is 1. The van der Waals surface area contributed by atoms with Gasteiger partial charge in [-0.2, -0.15) is 0 Å². The summed E-state index contributed by atoms with van der Waals surface area (Å²) < 4.78 is 2.33. The number of carbonyl (C=O) groups is 1. The molecule has 0 aliphatic heterocycles. The first-order valence-corrected chi connectivity index (χ1v) is 9.30. The molecular formula is C22H20N4O3. The van der Waals surface area contributed by atoms with Crippen molar-refractivity contribution in [2.45, 2.75) is 13.3 Å². The second kappa shape index (κ2) is 7.01. The van der Waals surface area contributed by atoms with E-state index in [1.54, 1.807) is 19.3 Å². The molecule has 1 amide bonds. The summed E-state index contributed by atoms with van der Waals surface area (Å²) in [6.45, 7) is 1.92. The highest BCUT2D eigenvalue weighted by Crippen LogP contribution is 2.24. The van der Waals surface area contributed by atoms with Gasteiger partial charge in [-0.15, -0.1) is 0 Å². The van der Waals surface area contributed by atoms with Gasteiger partial charge in [-0.05, 0) is 34.9 Å². The lowest BCUT2D eigenvalue weighted by Crippen LogP contribution is -2.38. The molecule has 7 heteroatoms. The summed E-state index contributed by atoms with van der Waals surface area (Å²) in [6.07, 6.45) is 2.17. The molecule has 7 nitrogen and oxygen atoms in total. The van der Waals surface area contributed by atoms with Gasteiger partial charge in [0.25, 0.3) is 11.5 Å². The van der Waals surface area contributed by atoms with E-state index < -0.39 is 11.2 Å². The SMILES string of the molecule is CCc1cnc2c(c1NC(=O)c1ccc3ccccc3c1)c(=O)n(C)c(=O)n2C. The summed E-state index contributed by atoms with van der Waals surface area (Å²) in [4.78, 5) is 42.4. The van der Waals surface area contributed by atoms with Crippen LogP contribution in [0.4, 0.5) is 5.69 Å². The van der Waals surface area contributed by atoms with E-state index in [2.05, 4.69) is 10.3 Å². The molecule has 0 radical (unpaired) electrons. The number of benzene rings is 2. The van der Waals surface area contributed by atoms with Crippen molar-refractivity contribution < 1.29 is 4.79 Å². The maximum absolute atomic E-state index is 13.0. The maximum atomic E-state index is 13.0. The van der Waals surface area contributed by atoms with Crippen LogP contribution in [0.25, 0.3) is 21.8 Å². The van der Waals surface area contributed by atoms with Crippen LogP contribution in [0.2, 0.25) is 0 Å². The van der Waals surface area contributed by atoms with Gasteiger partial charge in [-0.1, -0.05) is 37.3 Å². The number of aryl methyl sites for hydroxylation is 2. The Kier molecular flexibility index (Phi) is 4.50. The van der Waals surface area contributed by atoms with E-state index in [0.29, 0.717) is 17.7 Å². The molecule has 2 aromatic carbocycles. The molecule has 0 atom stereocenters. The number of amides is 1. The Morgan fingerprint density at radius 2 is 1.76 bits per heavy atom. The van der Waals surface area contributed by atoms with Crippen LogP contribution in [0, 0.1) is 0 Å². The summed E-state index contributed by atoms with van der Waals surface area (Å²) in [5.41, 5.74) is 0.890. The third-order valence-corrected chi connectivity index (χ3v) is 5.18. The number of pyridine rings is 1. The molecule has 146 valence electrons. The topological polar surface area (TPSA) is 86.0 Å². The molecule has 0 spiro atoms. The van der Waals surface area contributed by atoms with Crippen LogP contribution in [0.1, 0.15) is 22.8 Å². The molecule has 0 saturated carbocycles. The Labute approximate surface area is 166 Å². The van der Waals surface area contributed by atoms with Gasteiger partial charge < -0.3 is 5.32 Å². The Bertz CT molecular complexity index is 1400. The standard InChI is InChI=1S/C22H20N4O3/c1-4-13-12-23-19-17(21(28)26(3)22(29)25(19)2)18(13)24-20(27)16-10-9-14-7-5-6-8-15(14)11-16/h5-12H,4H2,1-3H3,(H,23,24,27). The Morgan fingerprint density at radius 3 is 2.48 bits per heavy atom. The largest absolute Gasteiger partial charge is 0.332 e. The number of hydrogen-bond acceptors (Lipinski definition) is 4. The summed E-state index contributed by atoms with van der Waals surface area (Å²) in [6, 6.07) is 13.2. The van der Waals surface area contributed by atoms with Crippen LogP contribution < -0.4 is 16.6 Å². The minimum absolute atomic E-state index is 0.225. The summed E-state index contributed by atoms with van der Waals surface area (Å²) in [5, 5.41) is 5.11. The number of anilines is 1. The predicted octanol–water partition coefficient (Wildman–Crippen LogP) is 2.60. The second-order valence-corrected chi connectivity index (χ2v) is 6.93. The maximum Gasteiger partial charge on any atom is 0.332 e. The van der Waals surface area contributed by atoms with E-state index in [4.69, 9.17) is 0 Å². The van der Waals surface area contributed by atoms with Crippen molar-refractivity contribution >= 4 is 33.4 Å². The van der Waals surface area contributed by atoms with Crippen molar-refractivity contribution in [1.82, 2.24) is 14.1 Å². The van der Waals surface area contributed by atoms with Crippen molar-refractivity contribution in [3.63, 3.8) is 0 Å². The lowest BCUT2D eigenvalue weighted by atomic mass is 10.1. The van der Waals surface area contributed by atoms with Gasteiger partial charge in [0.2, 0.25) is 0 Å². The molecular weight excluding hydrogens is 368 g/mol. The van der Waals surface area contributed by atoms with Crippen LogP contribution >= 0.6 is 0 Å². The molecule has 2 aromatic heterocycles. The zero-order valence-electron chi connectivity index (χ0n) is 16.4. The molecule has 4 rings (SSSR count). The van der Waals surface area contributed by atoms with E-state index in [1.165, 1.54) is 11.6 Å². The van der Waals surface area contributed by atoms with Gasteiger partial charge in [0.15, 0.2) is 5.65 Å².